The van der Waals surface area contributed by atoms with Crippen LogP contribution in [0.5, 0.6) is 0 Å². The van der Waals surface area contributed by atoms with Crippen molar-refractivity contribution in [1.29, 1.82) is 0 Å². The van der Waals surface area contributed by atoms with Crippen molar-refractivity contribution in [2.75, 3.05) is 19.6 Å². The SMILES string of the molecule is CCC1c2cccn2CCN1C(=O)c1nccnc1C(=O)N1CCCCC1. The van der Waals surface area contributed by atoms with E-state index in [0.717, 1.165) is 51.0 Å². The summed E-state index contributed by atoms with van der Waals surface area (Å²) < 4.78 is 2.19. The number of hydrogen-bond donors (Lipinski definition) is 0. The van der Waals surface area contributed by atoms with Gasteiger partial charge in [0.2, 0.25) is 0 Å². The van der Waals surface area contributed by atoms with E-state index in [1.165, 1.54) is 12.4 Å². The molecule has 2 aliphatic rings. The van der Waals surface area contributed by atoms with Crippen molar-refractivity contribution >= 4 is 11.8 Å². The first-order valence-electron chi connectivity index (χ1n) is 9.77. The van der Waals surface area contributed by atoms with Gasteiger partial charge in [0.15, 0.2) is 11.4 Å². The van der Waals surface area contributed by atoms with E-state index in [1.807, 2.05) is 17.2 Å². The van der Waals surface area contributed by atoms with Crippen LogP contribution in [0.2, 0.25) is 0 Å². The number of carbonyl (C=O) groups excluding carboxylic acids is 2. The zero-order valence-corrected chi connectivity index (χ0v) is 15.7. The molecule has 0 radical (unpaired) electrons. The topological polar surface area (TPSA) is 71.3 Å². The largest absolute Gasteiger partial charge is 0.348 e. The van der Waals surface area contributed by atoms with Crippen molar-refractivity contribution in [3.63, 3.8) is 0 Å². The van der Waals surface area contributed by atoms with Crippen LogP contribution < -0.4 is 0 Å². The second kappa shape index (κ2) is 7.50. The lowest BCUT2D eigenvalue weighted by molar-refractivity contribution is 0.0596. The number of amides is 2. The third-order valence-electron chi connectivity index (χ3n) is 5.56. The molecule has 27 heavy (non-hydrogen) atoms. The quantitative estimate of drug-likeness (QED) is 0.836. The van der Waals surface area contributed by atoms with Crippen molar-refractivity contribution in [2.24, 2.45) is 0 Å². The Morgan fingerprint density at radius 2 is 1.70 bits per heavy atom. The van der Waals surface area contributed by atoms with E-state index >= 15 is 0 Å². The Hall–Kier alpha value is -2.70. The predicted molar refractivity (Wildman–Crippen MR) is 100 cm³/mol. The highest BCUT2D eigenvalue weighted by Crippen LogP contribution is 2.30. The van der Waals surface area contributed by atoms with Gasteiger partial charge in [-0.25, -0.2) is 9.97 Å². The van der Waals surface area contributed by atoms with Gasteiger partial charge in [0, 0.05) is 50.5 Å². The van der Waals surface area contributed by atoms with Gasteiger partial charge in [-0.1, -0.05) is 6.92 Å². The van der Waals surface area contributed by atoms with Crippen LogP contribution in [0.25, 0.3) is 0 Å². The molecule has 1 saturated heterocycles. The molecule has 2 aromatic heterocycles. The fourth-order valence-electron chi connectivity index (χ4n) is 4.17. The summed E-state index contributed by atoms with van der Waals surface area (Å²) in [6.45, 7) is 4.87. The van der Waals surface area contributed by atoms with Crippen molar-refractivity contribution in [2.45, 2.75) is 45.2 Å². The van der Waals surface area contributed by atoms with Crippen molar-refractivity contribution in [3.05, 3.63) is 47.8 Å². The number of likely N-dealkylation sites (tertiary alicyclic amines) is 1. The molecule has 2 aliphatic heterocycles. The van der Waals surface area contributed by atoms with Crippen LogP contribution in [-0.2, 0) is 6.54 Å². The maximum Gasteiger partial charge on any atom is 0.275 e. The Balaban J connectivity index is 1.64. The standard InChI is InChI=1S/C20H25N5O2/c1-2-15-16-7-6-12-23(16)13-14-25(15)20(27)18-17(21-8-9-22-18)19(26)24-10-4-3-5-11-24/h6-9,12,15H,2-5,10-11,13-14H2,1H3. The van der Waals surface area contributed by atoms with E-state index in [0.29, 0.717) is 6.54 Å². The van der Waals surface area contributed by atoms with Crippen LogP contribution in [-0.4, -0.2) is 55.8 Å². The fraction of sp³-hybridized carbons (Fsp3) is 0.500. The molecule has 7 nitrogen and oxygen atoms in total. The second-order valence-electron chi connectivity index (χ2n) is 7.16. The van der Waals surface area contributed by atoms with Gasteiger partial charge >= 0.3 is 0 Å². The summed E-state index contributed by atoms with van der Waals surface area (Å²) in [5.41, 5.74) is 1.48. The van der Waals surface area contributed by atoms with Crippen LogP contribution in [0.15, 0.2) is 30.7 Å². The Bertz CT molecular complexity index is 840. The number of carbonyl (C=O) groups is 2. The molecule has 0 saturated carbocycles. The van der Waals surface area contributed by atoms with Gasteiger partial charge in [-0.2, -0.15) is 0 Å². The van der Waals surface area contributed by atoms with Crippen LogP contribution >= 0.6 is 0 Å². The molecule has 1 unspecified atom stereocenters. The molecule has 1 fully saturated rings. The normalized spacial score (nSPS) is 19.7. The van der Waals surface area contributed by atoms with Gasteiger partial charge in [0.1, 0.15) is 0 Å². The van der Waals surface area contributed by atoms with E-state index in [4.69, 9.17) is 0 Å². The van der Waals surface area contributed by atoms with Gasteiger partial charge in [-0.3, -0.25) is 9.59 Å². The van der Waals surface area contributed by atoms with Gasteiger partial charge in [-0.15, -0.1) is 0 Å². The Labute approximate surface area is 159 Å². The number of aromatic nitrogens is 3. The first-order chi connectivity index (χ1) is 13.2. The molecule has 0 bridgehead atoms. The minimum atomic E-state index is -0.206. The van der Waals surface area contributed by atoms with Crippen LogP contribution in [0, 0.1) is 0 Å². The summed E-state index contributed by atoms with van der Waals surface area (Å²) in [7, 11) is 0. The minimum absolute atomic E-state index is 0.0128. The monoisotopic (exact) mass is 367 g/mol. The van der Waals surface area contributed by atoms with Crippen LogP contribution in [0.3, 0.4) is 0 Å². The summed E-state index contributed by atoms with van der Waals surface area (Å²) in [5, 5.41) is 0. The maximum absolute atomic E-state index is 13.4. The lowest BCUT2D eigenvalue weighted by Crippen LogP contribution is -2.43. The van der Waals surface area contributed by atoms with Gasteiger partial charge in [0.05, 0.1) is 6.04 Å². The van der Waals surface area contributed by atoms with Gasteiger partial charge < -0.3 is 14.4 Å². The summed E-state index contributed by atoms with van der Waals surface area (Å²) in [4.78, 5) is 38.5. The molecule has 142 valence electrons. The smallest absolute Gasteiger partial charge is 0.275 e. The number of fused-ring (bicyclic) bond motifs is 1. The first kappa shape index (κ1) is 17.7. The molecule has 1 atom stereocenters. The van der Waals surface area contributed by atoms with Crippen molar-refractivity contribution in [3.8, 4) is 0 Å². The average Bonchev–Trinajstić information content (AvgIpc) is 3.21. The fourth-order valence-corrected chi connectivity index (χ4v) is 4.17. The molecule has 0 spiro atoms. The Morgan fingerprint density at radius 3 is 2.41 bits per heavy atom. The molecular weight excluding hydrogens is 342 g/mol. The van der Waals surface area contributed by atoms with Gasteiger partial charge in [-0.05, 0) is 37.8 Å². The third kappa shape index (κ3) is 3.22. The number of piperidine rings is 1. The van der Waals surface area contributed by atoms with Gasteiger partial charge in [0.25, 0.3) is 11.8 Å². The maximum atomic E-state index is 13.4. The lowest BCUT2D eigenvalue weighted by atomic mass is 10.1. The molecule has 0 aromatic carbocycles. The average molecular weight is 367 g/mol. The molecule has 2 aromatic rings. The number of hydrogen-bond acceptors (Lipinski definition) is 4. The second-order valence-corrected chi connectivity index (χ2v) is 7.16. The first-order valence-corrected chi connectivity index (χ1v) is 9.77. The third-order valence-corrected chi connectivity index (χ3v) is 5.56. The Morgan fingerprint density at radius 1 is 1.00 bits per heavy atom. The lowest BCUT2D eigenvalue weighted by Gasteiger charge is -2.36. The highest BCUT2D eigenvalue weighted by molar-refractivity contribution is 6.04. The molecule has 0 aliphatic carbocycles. The number of nitrogens with zero attached hydrogens (tertiary/aromatic N) is 5. The molecule has 0 N–H and O–H groups in total. The predicted octanol–water partition coefficient (Wildman–Crippen LogP) is 2.51. The highest BCUT2D eigenvalue weighted by atomic mass is 16.2. The van der Waals surface area contributed by atoms with E-state index in [-0.39, 0.29) is 29.2 Å². The zero-order chi connectivity index (χ0) is 18.8. The summed E-state index contributed by atoms with van der Waals surface area (Å²) in [6, 6.07) is 4.06. The molecule has 2 amide bonds. The molecule has 4 rings (SSSR count). The van der Waals surface area contributed by atoms with Crippen molar-refractivity contribution < 1.29 is 9.59 Å². The van der Waals surface area contributed by atoms with E-state index in [2.05, 4.69) is 27.5 Å². The van der Waals surface area contributed by atoms with Crippen molar-refractivity contribution in [1.82, 2.24) is 24.3 Å². The zero-order valence-electron chi connectivity index (χ0n) is 15.7. The van der Waals surface area contributed by atoms with E-state index in [1.54, 1.807) is 4.90 Å². The summed E-state index contributed by atoms with van der Waals surface area (Å²) >= 11 is 0. The highest BCUT2D eigenvalue weighted by Gasteiger charge is 2.34. The Kier molecular flexibility index (Phi) is 4.92. The summed E-state index contributed by atoms with van der Waals surface area (Å²) in [5.74, 6) is -0.387. The van der Waals surface area contributed by atoms with E-state index < -0.39 is 0 Å². The minimum Gasteiger partial charge on any atom is -0.348 e. The summed E-state index contributed by atoms with van der Waals surface area (Å²) in [6.07, 6.45) is 8.98. The molecule has 4 heterocycles. The molecule has 7 heteroatoms. The van der Waals surface area contributed by atoms with E-state index in [9.17, 15) is 9.59 Å². The molecular formula is C20H25N5O2. The number of rotatable bonds is 3. The van der Waals surface area contributed by atoms with Crippen LogP contribution in [0.1, 0.15) is 65.3 Å². The van der Waals surface area contributed by atoms with Crippen LogP contribution in [0.4, 0.5) is 0 Å².